The Morgan fingerprint density at radius 1 is 1.36 bits per heavy atom. The van der Waals surface area contributed by atoms with Crippen molar-refractivity contribution in [3.63, 3.8) is 0 Å². The summed E-state index contributed by atoms with van der Waals surface area (Å²) < 4.78 is 6.01. The third-order valence-corrected chi connectivity index (χ3v) is 3.59. The summed E-state index contributed by atoms with van der Waals surface area (Å²) in [5.74, 6) is 0.427. The van der Waals surface area contributed by atoms with Crippen LogP contribution in [0.3, 0.4) is 0 Å². The minimum atomic E-state index is -0.244. The van der Waals surface area contributed by atoms with Gasteiger partial charge in [-0.1, -0.05) is 6.07 Å². The van der Waals surface area contributed by atoms with E-state index in [1.165, 1.54) is 6.20 Å². The van der Waals surface area contributed by atoms with Gasteiger partial charge in [0.25, 0.3) is 0 Å². The fourth-order valence-electron chi connectivity index (χ4n) is 2.50. The minimum absolute atomic E-state index is 0.0781. The molecule has 2 aromatic rings. The molecular weight excluding hydrogens is 278 g/mol. The number of nitrogens with zero attached hydrogens (tertiary/aromatic N) is 1. The molecule has 0 amide bonds. The van der Waals surface area contributed by atoms with Gasteiger partial charge >= 0.3 is 0 Å². The summed E-state index contributed by atoms with van der Waals surface area (Å²) in [4.78, 5) is 16.6. The topological polar surface area (TPSA) is 94.6 Å². The molecule has 22 heavy (non-hydrogen) atoms. The minimum Gasteiger partial charge on any atom is -0.455 e. The van der Waals surface area contributed by atoms with Crippen molar-refractivity contribution in [3.8, 4) is 0 Å². The van der Waals surface area contributed by atoms with Gasteiger partial charge in [-0.05, 0) is 32.4 Å². The lowest BCUT2D eigenvalue weighted by Gasteiger charge is -2.13. The molecule has 1 aromatic heterocycles. The smallest absolute Gasteiger partial charge is 0.196 e. The van der Waals surface area contributed by atoms with Crippen LogP contribution in [0, 0.1) is 13.8 Å². The Morgan fingerprint density at radius 3 is 2.59 bits per heavy atom. The van der Waals surface area contributed by atoms with Gasteiger partial charge in [-0.2, -0.15) is 0 Å². The molecule has 0 aliphatic heterocycles. The number of hydrogen-bond acceptors (Lipinski definition) is 5. The maximum absolute atomic E-state index is 12.7. The molecule has 5 heteroatoms. The number of rotatable bonds is 3. The second-order valence-corrected chi connectivity index (χ2v) is 5.41. The van der Waals surface area contributed by atoms with Crippen molar-refractivity contribution in [2.75, 3.05) is 7.05 Å². The highest BCUT2D eigenvalue weighted by atomic mass is 16.3. The second kappa shape index (κ2) is 6.15. The van der Waals surface area contributed by atoms with Crippen LogP contribution in [0.5, 0.6) is 0 Å². The average Bonchev–Trinajstić information content (AvgIpc) is 2.48. The second-order valence-electron chi connectivity index (χ2n) is 5.41. The molecule has 0 saturated heterocycles. The van der Waals surface area contributed by atoms with Gasteiger partial charge in [0.1, 0.15) is 11.3 Å². The predicted octanol–water partition coefficient (Wildman–Crippen LogP) is 2.43. The van der Waals surface area contributed by atoms with E-state index in [2.05, 4.69) is 4.99 Å². The Hall–Kier alpha value is -2.40. The van der Waals surface area contributed by atoms with Crippen LogP contribution < -0.4 is 16.9 Å². The number of aliphatic imine (C=N–C) groups is 1. The maximum atomic E-state index is 12.7. The van der Waals surface area contributed by atoms with Crippen LogP contribution >= 0.6 is 0 Å². The Bertz CT molecular complexity index is 830. The number of hydrogen-bond donors (Lipinski definition) is 2. The Balaban J connectivity index is 2.94. The van der Waals surface area contributed by atoms with E-state index in [1.807, 2.05) is 26.0 Å². The lowest BCUT2D eigenvalue weighted by molar-refractivity contribution is 0.574. The largest absolute Gasteiger partial charge is 0.455 e. The molecule has 0 aliphatic carbocycles. The summed E-state index contributed by atoms with van der Waals surface area (Å²) in [6.07, 6.45) is 2.95. The van der Waals surface area contributed by atoms with Crippen LogP contribution in [0.25, 0.3) is 16.5 Å². The number of aryl methyl sites for hydroxylation is 1. The Labute approximate surface area is 129 Å². The highest BCUT2D eigenvalue weighted by molar-refractivity contribution is 6.09. The molecule has 1 aromatic carbocycles. The van der Waals surface area contributed by atoms with E-state index in [-0.39, 0.29) is 11.5 Å². The highest BCUT2D eigenvalue weighted by Gasteiger charge is 2.17. The predicted molar refractivity (Wildman–Crippen MR) is 91.1 cm³/mol. The first-order chi connectivity index (χ1) is 10.4. The molecule has 2 rings (SSSR count). The van der Waals surface area contributed by atoms with Gasteiger partial charge in [0.2, 0.25) is 0 Å². The molecule has 1 atom stereocenters. The number of benzene rings is 1. The van der Waals surface area contributed by atoms with Gasteiger partial charge in [0.15, 0.2) is 5.43 Å². The quantitative estimate of drug-likeness (QED) is 0.851. The van der Waals surface area contributed by atoms with E-state index in [0.717, 1.165) is 11.1 Å². The van der Waals surface area contributed by atoms with E-state index in [4.69, 9.17) is 15.9 Å². The lowest BCUT2D eigenvalue weighted by atomic mass is 9.99. The van der Waals surface area contributed by atoms with Crippen molar-refractivity contribution >= 4 is 22.8 Å². The van der Waals surface area contributed by atoms with Gasteiger partial charge in [-0.25, -0.2) is 0 Å². The van der Waals surface area contributed by atoms with Crippen molar-refractivity contribution in [2.45, 2.75) is 26.8 Å². The van der Waals surface area contributed by atoms with Crippen LogP contribution in [-0.2, 0) is 0 Å². The molecule has 0 fully saturated rings. The first kappa shape index (κ1) is 16.0. The molecule has 0 spiro atoms. The molecule has 5 nitrogen and oxygen atoms in total. The molecule has 0 radical (unpaired) electrons. The first-order valence-electron chi connectivity index (χ1n) is 7.08. The summed E-state index contributed by atoms with van der Waals surface area (Å²) in [6.45, 7) is 5.52. The third kappa shape index (κ3) is 2.67. The van der Waals surface area contributed by atoms with Crippen molar-refractivity contribution in [1.82, 2.24) is 0 Å². The molecule has 4 N–H and O–H groups in total. The van der Waals surface area contributed by atoms with Gasteiger partial charge in [-0.3, -0.25) is 9.79 Å². The Morgan fingerprint density at radius 2 is 2.05 bits per heavy atom. The van der Waals surface area contributed by atoms with Gasteiger partial charge in [-0.15, -0.1) is 0 Å². The normalized spacial score (nSPS) is 14.0. The molecule has 1 heterocycles. The van der Waals surface area contributed by atoms with Gasteiger partial charge in [0, 0.05) is 36.6 Å². The van der Waals surface area contributed by atoms with Crippen molar-refractivity contribution in [3.05, 3.63) is 51.0 Å². The van der Waals surface area contributed by atoms with Gasteiger partial charge < -0.3 is 15.9 Å². The number of fused-ring (bicyclic) bond motifs is 1. The SMILES string of the molecule is CN=C/C(=C\N)c1oc2c([C@@H](C)N)cc(C)cc2c(=O)c1C. The lowest BCUT2D eigenvalue weighted by Crippen LogP contribution is -2.13. The zero-order valence-electron chi connectivity index (χ0n) is 13.3. The molecule has 0 bridgehead atoms. The molecule has 116 valence electrons. The maximum Gasteiger partial charge on any atom is 0.196 e. The summed E-state index contributed by atoms with van der Waals surface area (Å²) in [5.41, 5.74) is 14.9. The fraction of sp³-hybridized carbons (Fsp3) is 0.294. The molecular formula is C17H21N3O2. The van der Waals surface area contributed by atoms with Crippen molar-refractivity contribution < 1.29 is 4.42 Å². The van der Waals surface area contributed by atoms with Crippen molar-refractivity contribution in [2.24, 2.45) is 16.5 Å². The van der Waals surface area contributed by atoms with E-state index in [0.29, 0.717) is 27.9 Å². The van der Waals surface area contributed by atoms with Crippen LogP contribution in [-0.4, -0.2) is 13.3 Å². The van der Waals surface area contributed by atoms with Crippen LogP contribution in [0.15, 0.2) is 32.5 Å². The third-order valence-electron chi connectivity index (χ3n) is 3.59. The summed E-state index contributed by atoms with van der Waals surface area (Å²) in [6, 6.07) is 3.52. The van der Waals surface area contributed by atoms with Crippen LogP contribution in [0.1, 0.15) is 35.4 Å². The summed E-state index contributed by atoms with van der Waals surface area (Å²) >= 11 is 0. The zero-order chi connectivity index (χ0) is 16.4. The van der Waals surface area contributed by atoms with Gasteiger partial charge in [0.05, 0.1) is 11.0 Å². The van der Waals surface area contributed by atoms with E-state index in [9.17, 15) is 4.79 Å². The molecule has 0 aliphatic rings. The summed E-state index contributed by atoms with van der Waals surface area (Å²) in [5, 5.41) is 0.540. The number of nitrogens with two attached hydrogens (primary N) is 2. The van der Waals surface area contributed by atoms with Crippen molar-refractivity contribution in [1.29, 1.82) is 0 Å². The fourth-order valence-corrected chi connectivity index (χ4v) is 2.50. The van der Waals surface area contributed by atoms with E-state index in [1.54, 1.807) is 20.2 Å². The monoisotopic (exact) mass is 299 g/mol. The zero-order valence-corrected chi connectivity index (χ0v) is 13.3. The van der Waals surface area contributed by atoms with Crippen LogP contribution in [0.2, 0.25) is 0 Å². The number of allylic oxidation sites excluding steroid dienone is 1. The average molecular weight is 299 g/mol. The first-order valence-corrected chi connectivity index (χ1v) is 7.08. The van der Waals surface area contributed by atoms with E-state index < -0.39 is 0 Å². The Kier molecular flexibility index (Phi) is 4.47. The van der Waals surface area contributed by atoms with E-state index >= 15 is 0 Å². The molecule has 0 unspecified atom stereocenters. The summed E-state index contributed by atoms with van der Waals surface area (Å²) in [7, 11) is 1.63. The van der Waals surface area contributed by atoms with Crippen LogP contribution in [0.4, 0.5) is 0 Å². The molecule has 0 saturated carbocycles. The highest BCUT2D eigenvalue weighted by Crippen LogP contribution is 2.27. The standard InChI is InChI=1S/C17H21N3O2/c1-9-5-13(11(3)19)17-14(6-9)15(21)10(2)16(22-17)12(7-18)8-20-4/h5-8,11H,18-19H2,1-4H3/b12-7+,20-8?/t11-/m1/s1.